The third-order valence-corrected chi connectivity index (χ3v) is 5.31. The molecule has 0 spiro atoms. The lowest BCUT2D eigenvalue weighted by Crippen LogP contribution is -2.19. The summed E-state index contributed by atoms with van der Waals surface area (Å²) in [5, 5.41) is 11.9. The van der Waals surface area contributed by atoms with Gasteiger partial charge in [-0.1, -0.05) is 42.9 Å². The first kappa shape index (κ1) is 22.0. The van der Waals surface area contributed by atoms with Gasteiger partial charge in [-0.05, 0) is 37.1 Å². The Morgan fingerprint density at radius 3 is 2.86 bits per heavy atom. The van der Waals surface area contributed by atoms with Crippen LogP contribution < -0.4 is 20.6 Å². The zero-order valence-electron chi connectivity index (χ0n) is 16.0. The van der Waals surface area contributed by atoms with Crippen LogP contribution in [-0.2, 0) is 4.79 Å². The van der Waals surface area contributed by atoms with Gasteiger partial charge >= 0.3 is 0 Å². The van der Waals surface area contributed by atoms with Crippen molar-refractivity contribution >= 4 is 40.4 Å². The van der Waals surface area contributed by atoms with E-state index in [0.29, 0.717) is 34.2 Å². The Labute approximate surface area is 172 Å². The molecular formula is C18H25N5O3S2. The summed E-state index contributed by atoms with van der Waals surface area (Å²) in [6.45, 7) is 5.28. The van der Waals surface area contributed by atoms with E-state index in [1.807, 2.05) is 25.1 Å². The Balaban J connectivity index is 1.85. The predicted octanol–water partition coefficient (Wildman–Crippen LogP) is 3.33. The number of carbonyl (C=O) groups excluding carboxylic acids is 1. The van der Waals surface area contributed by atoms with Crippen molar-refractivity contribution in [1.82, 2.24) is 15.6 Å². The van der Waals surface area contributed by atoms with E-state index in [4.69, 9.17) is 15.2 Å². The summed E-state index contributed by atoms with van der Waals surface area (Å²) in [5.41, 5.74) is 8.79. The van der Waals surface area contributed by atoms with Crippen LogP contribution in [0.2, 0.25) is 0 Å². The van der Waals surface area contributed by atoms with Crippen molar-refractivity contribution in [2.75, 3.05) is 24.7 Å². The average Bonchev–Trinajstić information content (AvgIpc) is 3.10. The van der Waals surface area contributed by atoms with Crippen LogP contribution in [0.4, 0.5) is 5.13 Å². The molecule has 28 heavy (non-hydrogen) atoms. The number of unbranched alkanes of at least 4 members (excludes halogenated alkanes) is 2. The number of amides is 1. The summed E-state index contributed by atoms with van der Waals surface area (Å²) in [6, 6.07) is 5.56. The number of hydrogen-bond acceptors (Lipinski definition) is 9. The van der Waals surface area contributed by atoms with Crippen LogP contribution in [0.25, 0.3) is 0 Å². The number of carbonyl (C=O) groups is 1. The smallest absolute Gasteiger partial charge is 0.250 e. The SMILES string of the molecule is CCCCCOc1ccc(C=NNC(=O)CSc2nnc(N)s2)cc1OCC. The van der Waals surface area contributed by atoms with Crippen molar-refractivity contribution in [2.24, 2.45) is 5.10 Å². The monoisotopic (exact) mass is 423 g/mol. The molecule has 0 aliphatic heterocycles. The first-order valence-electron chi connectivity index (χ1n) is 9.05. The quantitative estimate of drug-likeness (QED) is 0.233. The van der Waals surface area contributed by atoms with Gasteiger partial charge in [0.15, 0.2) is 15.8 Å². The van der Waals surface area contributed by atoms with Gasteiger partial charge in [-0.2, -0.15) is 5.10 Å². The zero-order chi connectivity index (χ0) is 20.2. The molecule has 0 aliphatic rings. The minimum atomic E-state index is -0.240. The molecule has 1 aromatic carbocycles. The van der Waals surface area contributed by atoms with Crippen LogP contribution in [0.5, 0.6) is 11.5 Å². The highest BCUT2D eigenvalue weighted by Crippen LogP contribution is 2.28. The number of nitrogens with zero attached hydrogens (tertiary/aromatic N) is 3. The maximum Gasteiger partial charge on any atom is 0.250 e. The van der Waals surface area contributed by atoms with E-state index in [1.165, 1.54) is 23.1 Å². The van der Waals surface area contributed by atoms with Crippen molar-refractivity contribution < 1.29 is 14.3 Å². The van der Waals surface area contributed by atoms with Crippen molar-refractivity contribution in [3.63, 3.8) is 0 Å². The van der Waals surface area contributed by atoms with E-state index in [-0.39, 0.29) is 11.7 Å². The van der Waals surface area contributed by atoms with Gasteiger partial charge in [0, 0.05) is 0 Å². The Bertz CT molecular complexity index is 782. The zero-order valence-corrected chi connectivity index (χ0v) is 17.6. The van der Waals surface area contributed by atoms with Crippen molar-refractivity contribution in [1.29, 1.82) is 0 Å². The number of nitrogens with two attached hydrogens (primary N) is 1. The first-order chi connectivity index (χ1) is 13.6. The van der Waals surface area contributed by atoms with Gasteiger partial charge in [-0.3, -0.25) is 4.79 Å². The number of hydrogen-bond donors (Lipinski definition) is 2. The molecule has 0 radical (unpaired) electrons. The molecule has 1 heterocycles. The van der Waals surface area contributed by atoms with E-state index in [9.17, 15) is 4.79 Å². The van der Waals surface area contributed by atoms with E-state index >= 15 is 0 Å². The molecule has 0 saturated carbocycles. The molecule has 0 saturated heterocycles. The number of aromatic nitrogens is 2. The standard InChI is InChI=1S/C18H25N5O3S2/c1-3-5-6-9-26-14-8-7-13(10-15(14)25-4-2)11-20-21-16(24)12-27-18-23-22-17(19)28-18/h7-8,10-11H,3-6,9,12H2,1-2H3,(H2,19,22)(H,21,24). The second-order valence-corrected chi connectivity index (χ2v) is 7.91. The summed E-state index contributed by atoms with van der Waals surface area (Å²) in [6.07, 6.45) is 4.86. The number of ether oxygens (including phenoxy) is 2. The predicted molar refractivity (Wildman–Crippen MR) is 113 cm³/mol. The second-order valence-electron chi connectivity index (χ2n) is 5.68. The molecule has 152 valence electrons. The van der Waals surface area contributed by atoms with Crippen molar-refractivity contribution in [3.05, 3.63) is 23.8 Å². The molecule has 0 atom stereocenters. The van der Waals surface area contributed by atoms with Crippen LogP contribution in [0.3, 0.4) is 0 Å². The van der Waals surface area contributed by atoms with Gasteiger partial charge in [-0.15, -0.1) is 10.2 Å². The molecule has 0 unspecified atom stereocenters. The van der Waals surface area contributed by atoms with Gasteiger partial charge in [0.05, 0.1) is 25.2 Å². The number of nitrogen functional groups attached to an aromatic ring is 1. The Morgan fingerprint density at radius 1 is 1.29 bits per heavy atom. The highest BCUT2D eigenvalue weighted by atomic mass is 32.2. The molecule has 1 amide bonds. The lowest BCUT2D eigenvalue weighted by molar-refractivity contribution is -0.118. The minimum absolute atomic E-state index is 0.181. The van der Waals surface area contributed by atoms with Crippen molar-refractivity contribution in [2.45, 2.75) is 37.4 Å². The largest absolute Gasteiger partial charge is 0.490 e. The summed E-state index contributed by atoms with van der Waals surface area (Å²) in [4.78, 5) is 11.8. The van der Waals surface area contributed by atoms with E-state index in [0.717, 1.165) is 24.8 Å². The topological polar surface area (TPSA) is 112 Å². The Kier molecular flexibility index (Phi) is 9.56. The van der Waals surface area contributed by atoms with Crippen LogP contribution in [0.1, 0.15) is 38.7 Å². The highest BCUT2D eigenvalue weighted by molar-refractivity contribution is 8.01. The van der Waals surface area contributed by atoms with Gasteiger partial charge in [0.1, 0.15) is 0 Å². The number of thioether (sulfide) groups is 1. The van der Waals surface area contributed by atoms with Crippen LogP contribution in [0, 0.1) is 0 Å². The molecule has 2 aromatic rings. The molecule has 0 fully saturated rings. The van der Waals surface area contributed by atoms with Gasteiger partial charge in [0.2, 0.25) is 5.13 Å². The third kappa shape index (κ3) is 7.73. The molecular weight excluding hydrogens is 398 g/mol. The lowest BCUT2D eigenvalue weighted by Gasteiger charge is -2.12. The molecule has 0 bridgehead atoms. The maximum atomic E-state index is 11.8. The van der Waals surface area contributed by atoms with Gasteiger partial charge < -0.3 is 15.2 Å². The molecule has 10 heteroatoms. The number of benzene rings is 1. The van der Waals surface area contributed by atoms with Gasteiger partial charge in [0.25, 0.3) is 5.91 Å². The molecule has 0 aliphatic carbocycles. The van der Waals surface area contributed by atoms with Crippen LogP contribution >= 0.6 is 23.1 Å². The summed E-state index contributed by atoms with van der Waals surface area (Å²) in [7, 11) is 0. The van der Waals surface area contributed by atoms with E-state index in [2.05, 4.69) is 27.6 Å². The molecule has 1 aromatic heterocycles. The fourth-order valence-corrected chi connectivity index (χ4v) is 3.57. The third-order valence-electron chi connectivity index (χ3n) is 3.42. The second kappa shape index (κ2) is 12.2. The molecule has 3 N–H and O–H groups in total. The van der Waals surface area contributed by atoms with E-state index < -0.39 is 0 Å². The lowest BCUT2D eigenvalue weighted by atomic mass is 10.2. The van der Waals surface area contributed by atoms with E-state index in [1.54, 1.807) is 6.21 Å². The normalized spacial score (nSPS) is 10.9. The average molecular weight is 424 g/mol. The summed E-state index contributed by atoms with van der Waals surface area (Å²) in [5.74, 6) is 1.32. The fourth-order valence-electron chi connectivity index (χ4n) is 2.14. The summed E-state index contributed by atoms with van der Waals surface area (Å²) >= 11 is 2.50. The number of anilines is 1. The first-order valence-corrected chi connectivity index (χ1v) is 10.9. The maximum absolute atomic E-state index is 11.8. The fraction of sp³-hybridized carbons (Fsp3) is 0.444. The van der Waals surface area contributed by atoms with Gasteiger partial charge in [-0.25, -0.2) is 5.43 Å². The minimum Gasteiger partial charge on any atom is -0.490 e. The number of hydrazone groups is 1. The number of rotatable bonds is 12. The Morgan fingerprint density at radius 2 is 2.14 bits per heavy atom. The molecule has 8 nitrogen and oxygen atoms in total. The van der Waals surface area contributed by atoms with Crippen LogP contribution in [0.15, 0.2) is 27.6 Å². The van der Waals surface area contributed by atoms with Crippen LogP contribution in [-0.4, -0.2) is 41.3 Å². The number of nitrogens with one attached hydrogen (secondary N) is 1. The Hall–Kier alpha value is -2.33. The van der Waals surface area contributed by atoms with Crippen molar-refractivity contribution in [3.8, 4) is 11.5 Å². The summed E-state index contributed by atoms with van der Waals surface area (Å²) < 4.78 is 12.1. The molecule has 2 rings (SSSR count). The highest BCUT2D eigenvalue weighted by Gasteiger charge is 2.07.